The minimum Gasteiger partial charge on any atom is -0.489 e. The third-order valence-corrected chi connectivity index (χ3v) is 2.40. The normalized spacial score (nSPS) is 14.2. The third-order valence-electron chi connectivity index (χ3n) is 2.40. The van der Waals surface area contributed by atoms with Crippen molar-refractivity contribution in [3.63, 3.8) is 0 Å². The number of carbonyl (C=O) groups excluding carboxylic acids is 1. The molecule has 0 saturated carbocycles. The summed E-state index contributed by atoms with van der Waals surface area (Å²) in [4.78, 5) is 10.4. The van der Waals surface area contributed by atoms with Gasteiger partial charge in [0, 0.05) is 0 Å². The summed E-state index contributed by atoms with van der Waals surface area (Å²) in [5.41, 5.74) is 3.30. The molecule has 0 aliphatic heterocycles. The van der Waals surface area contributed by atoms with E-state index in [1.165, 1.54) is 0 Å². The topological polar surface area (TPSA) is 72.5 Å². The molecule has 4 heteroatoms. The Kier molecular flexibility index (Phi) is 3.08. The lowest BCUT2D eigenvalue weighted by Crippen LogP contribution is -2.47. The average molecular weight is 231 g/mol. The zero-order valence-electron chi connectivity index (χ0n) is 9.17. The van der Waals surface area contributed by atoms with Crippen LogP contribution >= 0.6 is 0 Å². The number of aldehydes is 1. The SMILES string of the molecule is NC(O)(C=O)COc1ccc2ccccc2c1. The molecule has 1 unspecified atom stereocenters. The summed E-state index contributed by atoms with van der Waals surface area (Å²) in [7, 11) is 0. The first-order valence-corrected chi connectivity index (χ1v) is 5.20. The van der Waals surface area contributed by atoms with Gasteiger partial charge in [0.1, 0.15) is 12.4 Å². The second-order valence-corrected chi connectivity index (χ2v) is 3.91. The van der Waals surface area contributed by atoms with Gasteiger partial charge in [-0.3, -0.25) is 10.5 Å². The smallest absolute Gasteiger partial charge is 0.205 e. The average Bonchev–Trinajstić information content (AvgIpc) is 2.36. The number of nitrogens with two attached hydrogens (primary N) is 1. The van der Waals surface area contributed by atoms with Crippen molar-refractivity contribution in [1.82, 2.24) is 0 Å². The first kappa shape index (κ1) is 11.6. The van der Waals surface area contributed by atoms with Crippen molar-refractivity contribution in [2.24, 2.45) is 5.73 Å². The van der Waals surface area contributed by atoms with Crippen LogP contribution in [0.25, 0.3) is 10.8 Å². The summed E-state index contributed by atoms with van der Waals surface area (Å²) in [6.07, 6.45) is 0.258. The monoisotopic (exact) mass is 231 g/mol. The Balaban J connectivity index is 2.17. The lowest BCUT2D eigenvalue weighted by Gasteiger charge is -2.16. The van der Waals surface area contributed by atoms with Gasteiger partial charge in [-0.1, -0.05) is 30.3 Å². The van der Waals surface area contributed by atoms with E-state index < -0.39 is 5.72 Å². The van der Waals surface area contributed by atoms with E-state index in [0.717, 1.165) is 10.8 Å². The van der Waals surface area contributed by atoms with Crippen LogP contribution in [-0.4, -0.2) is 23.7 Å². The predicted octanol–water partition coefficient (Wildman–Crippen LogP) is 1.06. The van der Waals surface area contributed by atoms with E-state index in [2.05, 4.69) is 0 Å². The molecule has 0 heterocycles. The maximum atomic E-state index is 10.4. The summed E-state index contributed by atoms with van der Waals surface area (Å²) in [5.74, 6) is 0.564. The maximum absolute atomic E-state index is 10.4. The summed E-state index contributed by atoms with van der Waals surface area (Å²) in [5, 5.41) is 11.4. The first-order valence-electron chi connectivity index (χ1n) is 5.20. The number of fused-ring (bicyclic) bond motifs is 1. The second-order valence-electron chi connectivity index (χ2n) is 3.91. The van der Waals surface area contributed by atoms with Gasteiger partial charge in [-0.15, -0.1) is 0 Å². The molecule has 4 nitrogen and oxygen atoms in total. The molecule has 0 amide bonds. The van der Waals surface area contributed by atoms with E-state index in [4.69, 9.17) is 10.5 Å². The molecule has 0 bridgehead atoms. The number of hydrogen-bond donors (Lipinski definition) is 2. The van der Waals surface area contributed by atoms with Crippen LogP contribution in [0.1, 0.15) is 0 Å². The molecule has 2 aromatic carbocycles. The maximum Gasteiger partial charge on any atom is 0.205 e. The Morgan fingerprint density at radius 3 is 2.65 bits per heavy atom. The molecule has 0 radical (unpaired) electrons. The molecule has 0 aromatic heterocycles. The van der Waals surface area contributed by atoms with Crippen LogP contribution in [0.2, 0.25) is 0 Å². The molecular formula is C13H13NO3. The summed E-state index contributed by atoms with van der Waals surface area (Å²) < 4.78 is 5.26. The van der Waals surface area contributed by atoms with Gasteiger partial charge in [0.05, 0.1) is 0 Å². The van der Waals surface area contributed by atoms with Gasteiger partial charge in [0.15, 0.2) is 6.29 Å². The number of ether oxygens (including phenoxy) is 1. The molecule has 0 spiro atoms. The zero-order valence-corrected chi connectivity index (χ0v) is 9.17. The quantitative estimate of drug-likeness (QED) is 0.609. The molecule has 17 heavy (non-hydrogen) atoms. The fraction of sp³-hybridized carbons (Fsp3) is 0.154. The molecular weight excluding hydrogens is 218 g/mol. The molecule has 0 aliphatic carbocycles. The van der Waals surface area contributed by atoms with E-state index >= 15 is 0 Å². The Hall–Kier alpha value is -1.91. The zero-order chi connectivity index (χ0) is 12.3. The fourth-order valence-corrected chi connectivity index (χ4v) is 1.49. The number of hydrogen-bond acceptors (Lipinski definition) is 4. The first-order chi connectivity index (χ1) is 8.11. The summed E-state index contributed by atoms with van der Waals surface area (Å²) in [6, 6.07) is 13.3. The van der Waals surface area contributed by atoms with E-state index in [1.807, 2.05) is 36.4 Å². The Labute approximate surface area is 98.6 Å². The minimum atomic E-state index is -1.94. The highest BCUT2D eigenvalue weighted by molar-refractivity contribution is 5.83. The Morgan fingerprint density at radius 2 is 1.94 bits per heavy atom. The molecule has 0 aliphatic rings. The highest BCUT2D eigenvalue weighted by Crippen LogP contribution is 2.20. The molecule has 88 valence electrons. The predicted molar refractivity (Wildman–Crippen MR) is 64.6 cm³/mol. The van der Waals surface area contributed by atoms with Crippen LogP contribution in [0.4, 0.5) is 0 Å². The van der Waals surface area contributed by atoms with Gasteiger partial charge in [-0.25, -0.2) is 0 Å². The molecule has 1 atom stereocenters. The van der Waals surface area contributed by atoms with Gasteiger partial charge in [0.25, 0.3) is 0 Å². The summed E-state index contributed by atoms with van der Waals surface area (Å²) >= 11 is 0. The standard InChI is InChI=1S/C13H13NO3/c14-13(16,8-15)9-17-12-6-5-10-3-1-2-4-11(10)7-12/h1-8,16H,9,14H2. The fourth-order valence-electron chi connectivity index (χ4n) is 1.49. The Morgan fingerprint density at radius 1 is 1.24 bits per heavy atom. The van der Waals surface area contributed by atoms with Gasteiger partial charge in [-0.05, 0) is 22.9 Å². The van der Waals surface area contributed by atoms with Gasteiger partial charge in [-0.2, -0.15) is 0 Å². The highest BCUT2D eigenvalue weighted by Gasteiger charge is 2.20. The van der Waals surface area contributed by atoms with E-state index in [-0.39, 0.29) is 12.9 Å². The Bertz CT molecular complexity index is 537. The van der Waals surface area contributed by atoms with Crippen molar-refractivity contribution in [3.05, 3.63) is 42.5 Å². The van der Waals surface area contributed by atoms with Crippen molar-refractivity contribution in [2.75, 3.05) is 6.61 Å². The van der Waals surface area contributed by atoms with Gasteiger partial charge >= 0.3 is 0 Å². The molecule has 0 saturated heterocycles. The highest BCUT2D eigenvalue weighted by atomic mass is 16.5. The van der Waals surface area contributed by atoms with Crippen LogP contribution in [0, 0.1) is 0 Å². The molecule has 0 fully saturated rings. The van der Waals surface area contributed by atoms with Crippen molar-refractivity contribution in [2.45, 2.75) is 5.72 Å². The van der Waals surface area contributed by atoms with Crippen LogP contribution < -0.4 is 10.5 Å². The number of rotatable bonds is 4. The van der Waals surface area contributed by atoms with E-state index in [1.54, 1.807) is 6.07 Å². The number of carbonyl (C=O) groups is 1. The van der Waals surface area contributed by atoms with Gasteiger partial charge in [0.2, 0.25) is 5.72 Å². The largest absolute Gasteiger partial charge is 0.489 e. The van der Waals surface area contributed by atoms with Crippen molar-refractivity contribution >= 4 is 17.1 Å². The van der Waals surface area contributed by atoms with Crippen LogP contribution in [0.15, 0.2) is 42.5 Å². The third kappa shape index (κ3) is 2.81. The number of aliphatic hydroxyl groups is 1. The van der Waals surface area contributed by atoms with Gasteiger partial charge < -0.3 is 9.84 Å². The van der Waals surface area contributed by atoms with Crippen molar-refractivity contribution in [1.29, 1.82) is 0 Å². The lowest BCUT2D eigenvalue weighted by molar-refractivity contribution is -0.126. The van der Waals surface area contributed by atoms with Crippen molar-refractivity contribution in [3.8, 4) is 5.75 Å². The van der Waals surface area contributed by atoms with Crippen LogP contribution in [0.3, 0.4) is 0 Å². The second kappa shape index (κ2) is 4.53. The van der Waals surface area contributed by atoms with Crippen molar-refractivity contribution < 1.29 is 14.6 Å². The van der Waals surface area contributed by atoms with Crippen LogP contribution in [-0.2, 0) is 4.79 Å². The molecule has 2 aromatic rings. The lowest BCUT2D eigenvalue weighted by atomic mass is 10.1. The number of benzene rings is 2. The van der Waals surface area contributed by atoms with Crippen LogP contribution in [0.5, 0.6) is 5.75 Å². The molecule has 2 rings (SSSR count). The van der Waals surface area contributed by atoms with E-state index in [9.17, 15) is 9.90 Å². The minimum absolute atomic E-state index is 0.258. The van der Waals surface area contributed by atoms with E-state index in [0.29, 0.717) is 5.75 Å². The molecule has 3 N–H and O–H groups in total. The summed E-state index contributed by atoms with van der Waals surface area (Å²) in [6.45, 7) is -0.269.